The molecule has 7 nitrogen and oxygen atoms in total. The van der Waals surface area contributed by atoms with Crippen LogP contribution in [0.1, 0.15) is 27.6 Å². The van der Waals surface area contributed by atoms with E-state index >= 15 is 0 Å². The predicted octanol–water partition coefficient (Wildman–Crippen LogP) is 3.93. The van der Waals surface area contributed by atoms with E-state index in [-0.39, 0.29) is 22.0 Å². The van der Waals surface area contributed by atoms with Crippen molar-refractivity contribution in [2.75, 3.05) is 0 Å². The zero-order chi connectivity index (χ0) is 18.8. The highest BCUT2D eigenvalue weighted by atomic mass is 35.5. The lowest BCUT2D eigenvalue weighted by Gasteiger charge is -2.06. The number of aromatic nitrogens is 2. The fourth-order valence-corrected chi connectivity index (χ4v) is 1.93. The minimum atomic E-state index is -4.92. The summed E-state index contributed by atoms with van der Waals surface area (Å²) in [6.45, 7) is 0. The van der Waals surface area contributed by atoms with Gasteiger partial charge in [0.25, 0.3) is 5.69 Å². The van der Waals surface area contributed by atoms with Crippen LogP contribution < -0.4 is 0 Å². The first-order valence-corrected chi connectivity index (χ1v) is 6.77. The molecule has 0 aliphatic heterocycles. The van der Waals surface area contributed by atoms with Crippen molar-refractivity contribution < 1.29 is 28.0 Å². The Bertz CT molecular complexity index is 884. The van der Waals surface area contributed by atoms with Crippen molar-refractivity contribution in [2.24, 2.45) is 0 Å². The van der Waals surface area contributed by atoms with E-state index in [1.165, 1.54) is 18.2 Å². The topological polar surface area (TPSA) is 106 Å². The van der Waals surface area contributed by atoms with Gasteiger partial charge in [-0.3, -0.25) is 10.1 Å². The molecule has 0 bridgehead atoms. The summed E-state index contributed by atoms with van der Waals surface area (Å²) >= 11 is 5.66. The van der Waals surface area contributed by atoms with Crippen molar-refractivity contribution in [3.8, 4) is 0 Å². The van der Waals surface area contributed by atoms with E-state index in [0.717, 1.165) is 18.2 Å². The van der Waals surface area contributed by atoms with Gasteiger partial charge in [-0.15, -0.1) is 0 Å². The van der Waals surface area contributed by atoms with Gasteiger partial charge in [0.15, 0.2) is 5.69 Å². The van der Waals surface area contributed by atoms with Gasteiger partial charge in [-0.1, -0.05) is 23.7 Å². The zero-order valence-corrected chi connectivity index (χ0v) is 12.7. The first kappa shape index (κ1) is 18.3. The van der Waals surface area contributed by atoms with Crippen LogP contribution in [0, 0.1) is 10.1 Å². The molecule has 1 aromatic carbocycles. The summed E-state index contributed by atoms with van der Waals surface area (Å²) in [6.07, 6.45) is -2.61. The minimum absolute atomic E-state index is 0.100. The maximum atomic E-state index is 12.7. The molecule has 0 aliphatic rings. The first-order chi connectivity index (χ1) is 11.6. The van der Waals surface area contributed by atoms with Crippen LogP contribution in [0.2, 0.25) is 5.02 Å². The lowest BCUT2D eigenvalue weighted by molar-refractivity contribution is -0.384. The normalized spacial score (nSPS) is 11.7. The largest absolute Gasteiger partial charge is 0.477 e. The van der Waals surface area contributed by atoms with Crippen molar-refractivity contribution in [1.29, 1.82) is 0 Å². The molecule has 0 saturated heterocycles. The molecule has 0 amide bonds. The number of hydrogen-bond acceptors (Lipinski definition) is 5. The number of nitro groups is 1. The Morgan fingerprint density at radius 2 is 1.92 bits per heavy atom. The highest BCUT2D eigenvalue weighted by Crippen LogP contribution is 2.28. The number of carbonyl (C=O) groups is 1. The lowest BCUT2D eigenvalue weighted by atomic mass is 10.1. The van der Waals surface area contributed by atoms with Crippen molar-refractivity contribution in [2.45, 2.75) is 6.18 Å². The number of halogens is 4. The van der Waals surface area contributed by atoms with Gasteiger partial charge in [-0.2, -0.15) is 13.2 Å². The van der Waals surface area contributed by atoms with Gasteiger partial charge in [0.1, 0.15) is 5.02 Å². The number of aromatic carboxylic acids is 1. The summed E-state index contributed by atoms with van der Waals surface area (Å²) < 4.78 is 38.2. The Morgan fingerprint density at radius 3 is 2.48 bits per heavy atom. The maximum Gasteiger partial charge on any atom is 0.451 e. The van der Waals surface area contributed by atoms with Crippen molar-refractivity contribution in [3.63, 3.8) is 0 Å². The smallest absolute Gasteiger partial charge is 0.451 e. The third kappa shape index (κ3) is 4.51. The molecular weight excluding hydrogens is 367 g/mol. The molecule has 0 saturated carbocycles. The van der Waals surface area contributed by atoms with Crippen LogP contribution in [-0.4, -0.2) is 26.0 Å². The molecular formula is C14H7ClF3N3O4. The molecule has 25 heavy (non-hydrogen) atoms. The summed E-state index contributed by atoms with van der Waals surface area (Å²) in [5, 5.41) is 19.6. The van der Waals surface area contributed by atoms with E-state index in [2.05, 4.69) is 9.97 Å². The van der Waals surface area contributed by atoms with Crippen LogP contribution >= 0.6 is 11.6 Å². The Labute approximate surface area is 142 Å². The molecule has 1 N–H and O–H groups in total. The fourth-order valence-electron chi connectivity index (χ4n) is 1.74. The maximum absolute atomic E-state index is 12.7. The average molecular weight is 374 g/mol. The summed E-state index contributed by atoms with van der Waals surface area (Å²) in [4.78, 5) is 27.2. The quantitative estimate of drug-likeness (QED) is 0.643. The minimum Gasteiger partial charge on any atom is -0.477 e. The van der Waals surface area contributed by atoms with Crippen LogP contribution in [-0.2, 0) is 6.18 Å². The second kappa shape index (κ2) is 6.85. The van der Waals surface area contributed by atoms with Gasteiger partial charge >= 0.3 is 12.1 Å². The van der Waals surface area contributed by atoms with Crippen LogP contribution in [0.5, 0.6) is 0 Å². The molecule has 0 radical (unpaired) electrons. The molecule has 11 heteroatoms. The van der Waals surface area contributed by atoms with Gasteiger partial charge in [-0.05, 0) is 23.8 Å². The van der Waals surface area contributed by atoms with E-state index in [1.54, 1.807) is 0 Å². The third-order valence-electron chi connectivity index (χ3n) is 2.83. The monoisotopic (exact) mass is 373 g/mol. The van der Waals surface area contributed by atoms with Crippen molar-refractivity contribution >= 4 is 35.4 Å². The van der Waals surface area contributed by atoms with Crippen LogP contribution in [0.4, 0.5) is 18.9 Å². The molecule has 1 heterocycles. The van der Waals surface area contributed by atoms with Crippen molar-refractivity contribution in [1.82, 2.24) is 9.97 Å². The number of carboxylic acids is 1. The van der Waals surface area contributed by atoms with E-state index in [0.29, 0.717) is 0 Å². The fraction of sp³-hybridized carbons (Fsp3) is 0.0714. The molecule has 2 aromatic rings. The van der Waals surface area contributed by atoms with Gasteiger partial charge in [0.2, 0.25) is 5.82 Å². The van der Waals surface area contributed by atoms with Gasteiger partial charge < -0.3 is 5.11 Å². The summed E-state index contributed by atoms with van der Waals surface area (Å²) in [6, 6.07) is 4.61. The van der Waals surface area contributed by atoms with Crippen LogP contribution in [0.3, 0.4) is 0 Å². The number of rotatable bonds is 4. The molecule has 1 aromatic heterocycles. The van der Waals surface area contributed by atoms with Gasteiger partial charge in [0.05, 0.1) is 10.6 Å². The highest BCUT2D eigenvalue weighted by Gasteiger charge is 2.35. The van der Waals surface area contributed by atoms with Crippen LogP contribution in [0.25, 0.3) is 12.2 Å². The molecule has 0 spiro atoms. The third-order valence-corrected chi connectivity index (χ3v) is 3.15. The number of nitrogens with zero attached hydrogens (tertiary/aromatic N) is 3. The number of nitro benzene ring substituents is 1. The molecule has 0 aliphatic carbocycles. The zero-order valence-electron chi connectivity index (χ0n) is 12.0. The van der Waals surface area contributed by atoms with E-state index in [4.69, 9.17) is 16.7 Å². The summed E-state index contributed by atoms with van der Waals surface area (Å²) in [5.74, 6) is -3.25. The molecule has 0 unspecified atom stereocenters. The number of hydrogen-bond donors (Lipinski definition) is 1. The second-order valence-corrected chi connectivity index (χ2v) is 5.01. The second-order valence-electron chi connectivity index (χ2n) is 4.61. The molecule has 0 atom stereocenters. The Morgan fingerprint density at radius 1 is 1.24 bits per heavy atom. The molecule has 2 rings (SSSR count). The molecule has 130 valence electrons. The predicted molar refractivity (Wildman–Crippen MR) is 81.0 cm³/mol. The SMILES string of the molecule is O=C(O)c1cc(C=Cc2ccc(Cl)c([N+](=O)[O-])c2)nc(C(F)(F)F)n1. The Hall–Kier alpha value is -3.01. The highest BCUT2D eigenvalue weighted by molar-refractivity contribution is 6.32. The first-order valence-electron chi connectivity index (χ1n) is 6.39. The van der Waals surface area contributed by atoms with E-state index < -0.39 is 28.6 Å². The van der Waals surface area contributed by atoms with Crippen molar-refractivity contribution in [3.05, 3.63) is 62.2 Å². The Kier molecular flexibility index (Phi) is 5.02. The summed E-state index contributed by atoms with van der Waals surface area (Å²) in [5.41, 5.74) is -1.27. The molecule has 0 fully saturated rings. The van der Waals surface area contributed by atoms with Gasteiger partial charge in [0, 0.05) is 6.07 Å². The van der Waals surface area contributed by atoms with Crippen LogP contribution in [0.15, 0.2) is 24.3 Å². The average Bonchev–Trinajstić information content (AvgIpc) is 2.52. The Balaban J connectivity index is 2.44. The summed E-state index contributed by atoms with van der Waals surface area (Å²) in [7, 11) is 0. The lowest BCUT2D eigenvalue weighted by Crippen LogP contribution is -2.15. The van der Waals surface area contributed by atoms with E-state index in [1.807, 2.05) is 0 Å². The number of carboxylic acid groups (broad SMARTS) is 1. The number of benzene rings is 1. The van der Waals surface area contributed by atoms with Gasteiger partial charge in [-0.25, -0.2) is 14.8 Å². The standard InChI is InChI=1S/C14H7ClF3N3O4/c15-9-4-2-7(5-11(9)21(24)25)1-3-8-6-10(12(22)23)20-13(19-8)14(16,17)18/h1-6H,(H,22,23). The number of alkyl halides is 3. The van der Waals surface area contributed by atoms with E-state index in [9.17, 15) is 28.1 Å².